The minimum Gasteiger partial charge on any atom is -0.496 e. The fourth-order valence-corrected chi connectivity index (χ4v) is 3.30. The van der Waals surface area contributed by atoms with Crippen molar-refractivity contribution in [2.24, 2.45) is 0 Å². The van der Waals surface area contributed by atoms with Crippen LogP contribution in [0.4, 0.5) is 0 Å². The summed E-state index contributed by atoms with van der Waals surface area (Å²) in [5.41, 5.74) is 3.45. The zero-order chi connectivity index (χ0) is 14.4. The lowest BCUT2D eigenvalue weighted by Gasteiger charge is -2.26. The van der Waals surface area contributed by atoms with Crippen molar-refractivity contribution in [1.82, 2.24) is 9.59 Å². The van der Waals surface area contributed by atoms with Gasteiger partial charge >= 0.3 is 0 Å². The topological polar surface area (TPSA) is 35.0 Å². The fourth-order valence-electron chi connectivity index (χ4n) is 2.36. The Balaban J connectivity index is 2.89. The first-order chi connectivity index (χ1) is 8.66. The number of aromatic nitrogens is 2. The van der Waals surface area contributed by atoms with Crippen LogP contribution in [0.3, 0.4) is 0 Å². The normalized spacial score (nSPS) is 13.0. The molecule has 0 unspecified atom stereocenters. The molecule has 0 radical (unpaired) electrons. The number of benzene rings is 1. The summed E-state index contributed by atoms with van der Waals surface area (Å²) in [5, 5.41) is 4.35. The van der Waals surface area contributed by atoms with E-state index in [0.29, 0.717) is 0 Å². The Kier molecular flexibility index (Phi) is 3.33. The van der Waals surface area contributed by atoms with Crippen molar-refractivity contribution in [3.05, 3.63) is 17.2 Å². The quantitative estimate of drug-likeness (QED) is 0.780. The molecule has 0 spiro atoms. The van der Waals surface area contributed by atoms with E-state index in [0.717, 1.165) is 16.0 Å². The second-order valence-corrected chi connectivity index (χ2v) is 7.71. The Bertz CT molecular complexity index is 603. The Morgan fingerprint density at radius 3 is 2.16 bits per heavy atom. The molecule has 1 heterocycles. The molecule has 0 bridgehead atoms. The van der Waals surface area contributed by atoms with E-state index >= 15 is 0 Å². The van der Waals surface area contributed by atoms with Crippen LogP contribution >= 0.6 is 11.5 Å². The molecule has 3 nitrogen and oxygen atoms in total. The molecule has 0 N–H and O–H groups in total. The molecule has 19 heavy (non-hydrogen) atoms. The van der Waals surface area contributed by atoms with Crippen LogP contribution in [-0.2, 0) is 10.8 Å². The van der Waals surface area contributed by atoms with E-state index in [4.69, 9.17) is 4.74 Å². The zero-order valence-corrected chi connectivity index (χ0v) is 13.6. The molecular weight excluding hydrogens is 256 g/mol. The highest BCUT2D eigenvalue weighted by Crippen LogP contribution is 2.42. The minimum absolute atomic E-state index is 0.00816. The lowest BCUT2D eigenvalue weighted by molar-refractivity contribution is 0.397. The van der Waals surface area contributed by atoms with E-state index in [-0.39, 0.29) is 10.8 Å². The van der Waals surface area contributed by atoms with Gasteiger partial charge in [0.1, 0.15) is 11.3 Å². The lowest BCUT2D eigenvalue weighted by Crippen LogP contribution is -2.17. The molecule has 0 amide bonds. The molecule has 1 aromatic carbocycles. The second-order valence-electron chi connectivity index (χ2n) is 6.95. The molecule has 2 rings (SSSR count). The predicted molar refractivity (Wildman–Crippen MR) is 81.4 cm³/mol. The monoisotopic (exact) mass is 278 g/mol. The maximum absolute atomic E-state index is 5.64. The fraction of sp³-hybridized carbons (Fsp3) is 0.600. The van der Waals surface area contributed by atoms with Gasteiger partial charge in [-0.05, 0) is 34.0 Å². The molecule has 0 aliphatic heterocycles. The van der Waals surface area contributed by atoms with Gasteiger partial charge in [-0.3, -0.25) is 0 Å². The van der Waals surface area contributed by atoms with Crippen molar-refractivity contribution in [2.75, 3.05) is 7.11 Å². The first-order valence-corrected chi connectivity index (χ1v) is 7.27. The SMILES string of the molecule is COc1cc(C(C)(C)C)c2nnsc2c1C(C)(C)C. The molecule has 2 aromatic rings. The van der Waals surface area contributed by atoms with Crippen molar-refractivity contribution in [1.29, 1.82) is 0 Å². The van der Waals surface area contributed by atoms with Gasteiger partial charge in [-0.1, -0.05) is 46.0 Å². The predicted octanol–water partition coefficient (Wildman–Crippen LogP) is 4.29. The number of nitrogens with zero attached hydrogens (tertiary/aromatic N) is 2. The third kappa shape index (κ3) is 2.46. The van der Waals surface area contributed by atoms with E-state index in [9.17, 15) is 0 Å². The molecule has 104 valence electrons. The molecule has 0 aliphatic carbocycles. The Hall–Kier alpha value is -1.16. The smallest absolute Gasteiger partial charge is 0.124 e. The number of ether oxygens (including phenoxy) is 1. The molecule has 4 heteroatoms. The maximum atomic E-state index is 5.64. The van der Waals surface area contributed by atoms with Gasteiger partial charge in [-0.25, -0.2) is 0 Å². The van der Waals surface area contributed by atoms with Gasteiger partial charge in [0.2, 0.25) is 0 Å². The van der Waals surface area contributed by atoms with Crippen LogP contribution in [0.1, 0.15) is 52.7 Å². The summed E-state index contributed by atoms with van der Waals surface area (Å²) in [6, 6.07) is 2.13. The summed E-state index contributed by atoms with van der Waals surface area (Å²) < 4.78 is 10.9. The van der Waals surface area contributed by atoms with Crippen LogP contribution in [0.2, 0.25) is 0 Å². The van der Waals surface area contributed by atoms with Gasteiger partial charge < -0.3 is 4.74 Å². The van der Waals surface area contributed by atoms with Crippen molar-refractivity contribution in [2.45, 2.75) is 52.4 Å². The molecule has 0 atom stereocenters. The van der Waals surface area contributed by atoms with Crippen LogP contribution in [0.15, 0.2) is 6.07 Å². The maximum Gasteiger partial charge on any atom is 0.124 e. The zero-order valence-electron chi connectivity index (χ0n) is 12.8. The highest BCUT2D eigenvalue weighted by molar-refractivity contribution is 7.13. The molecule has 0 saturated heterocycles. The number of rotatable bonds is 1. The van der Waals surface area contributed by atoms with E-state index in [2.05, 4.69) is 57.2 Å². The van der Waals surface area contributed by atoms with Crippen LogP contribution in [0.25, 0.3) is 10.2 Å². The molecular formula is C15H22N2OS. The summed E-state index contributed by atoms with van der Waals surface area (Å²) >= 11 is 1.46. The van der Waals surface area contributed by atoms with Crippen LogP contribution in [0.5, 0.6) is 5.75 Å². The Morgan fingerprint density at radius 1 is 1.05 bits per heavy atom. The third-order valence-corrected chi connectivity index (χ3v) is 4.01. The van der Waals surface area contributed by atoms with Crippen molar-refractivity contribution in [3.8, 4) is 5.75 Å². The summed E-state index contributed by atoms with van der Waals surface area (Å²) in [6.07, 6.45) is 0. The molecule has 1 aromatic heterocycles. The minimum atomic E-state index is 0.00816. The van der Waals surface area contributed by atoms with E-state index in [1.165, 1.54) is 22.7 Å². The van der Waals surface area contributed by atoms with Gasteiger partial charge in [-0.15, -0.1) is 5.10 Å². The molecule has 0 fully saturated rings. The summed E-state index contributed by atoms with van der Waals surface area (Å²) in [5.74, 6) is 0.941. The van der Waals surface area contributed by atoms with Crippen LogP contribution in [-0.4, -0.2) is 16.7 Å². The van der Waals surface area contributed by atoms with Gasteiger partial charge in [0.25, 0.3) is 0 Å². The lowest BCUT2D eigenvalue weighted by atomic mass is 9.81. The number of hydrogen-bond acceptors (Lipinski definition) is 4. The van der Waals surface area contributed by atoms with Gasteiger partial charge in [-0.2, -0.15) is 0 Å². The first-order valence-electron chi connectivity index (χ1n) is 6.50. The van der Waals surface area contributed by atoms with E-state index < -0.39 is 0 Å². The van der Waals surface area contributed by atoms with Crippen LogP contribution in [0, 0.1) is 0 Å². The van der Waals surface area contributed by atoms with Gasteiger partial charge in [0.15, 0.2) is 0 Å². The number of fused-ring (bicyclic) bond motifs is 1. The second kappa shape index (κ2) is 4.44. The van der Waals surface area contributed by atoms with Gasteiger partial charge in [0.05, 0.1) is 11.8 Å². The summed E-state index contributed by atoms with van der Waals surface area (Å²) in [6.45, 7) is 13.2. The van der Waals surface area contributed by atoms with Gasteiger partial charge in [0, 0.05) is 5.56 Å². The van der Waals surface area contributed by atoms with Crippen molar-refractivity contribution >= 4 is 21.7 Å². The largest absolute Gasteiger partial charge is 0.496 e. The highest BCUT2D eigenvalue weighted by Gasteiger charge is 2.28. The Morgan fingerprint density at radius 2 is 1.68 bits per heavy atom. The van der Waals surface area contributed by atoms with E-state index in [1.807, 2.05) is 0 Å². The van der Waals surface area contributed by atoms with Crippen LogP contribution < -0.4 is 4.74 Å². The van der Waals surface area contributed by atoms with Crippen molar-refractivity contribution in [3.63, 3.8) is 0 Å². The third-order valence-electron chi connectivity index (χ3n) is 3.27. The number of hydrogen-bond donors (Lipinski definition) is 0. The summed E-state index contributed by atoms with van der Waals surface area (Å²) in [4.78, 5) is 0. The summed E-state index contributed by atoms with van der Waals surface area (Å²) in [7, 11) is 1.73. The Labute approximate surface area is 119 Å². The first kappa shape index (κ1) is 14.3. The average molecular weight is 278 g/mol. The standard InChI is InChI=1S/C15H22N2OS/c1-14(2,3)9-8-10(18-7)11(15(4,5)6)13-12(9)16-17-19-13/h8H,1-7H3. The highest BCUT2D eigenvalue weighted by atomic mass is 32.1. The number of methoxy groups -OCH3 is 1. The van der Waals surface area contributed by atoms with Crippen molar-refractivity contribution < 1.29 is 4.74 Å². The van der Waals surface area contributed by atoms with E-state index in [1.54, 1.807) is 7.11 Å². The average Bonchev–Trinajstić information content (AvgIpc) is 2.71. The molecule has 0 aliphatic rings. The molecule has 0 saturated carbocycles.